The Morgan fingerprint density at radius 2 is 2.00 bits per heavy atom. The maximum atomic E-state index is 12.8. The fraction of sp³-hybridized carbons (Fsp3) is 0.421. The third-order valence-electron chi connectivity index (χ3n) is 4.78. The van der Waals surface area contributed by atoms with Crippen molar-refractivity contribution in [2.45, 2.75) is 48.8 Å². The van der Waals surface area contributed by atoms with Gasteiger partial charge < -0.3 is 0 Å². The van der Waals surface area contributed by atoms with Gasteiger partial charge in [0.05, 0.1) is 10.8 Å². The van der Waals surface area contributed by atoms with Gasteiger partial charge in [-0.05, 0) is 43.7 Å². The predicted octanol–water partition coefficient (Wildman–Crippen LogP) is 4.02. The molecule has 136 valence electrons. The first-order valence-electron chi connectivity index (χ1n) is 9.00. The van der Waals surface area contributed by atoms with Crippen molar-refractivity contribution in [3.05, 3.63) is 41.5 Å². The zero-order valence-corrected chi connectivity index (χ0v) is 16.0. The van der Waals surface area contributed by atoms with Gasteiger partial charge in [0.15, 0.2) is 5.13 Å². The minimum atomic E-state index is -1.03. The van der Waals surface area contributed by atoms with Crippen LogP contribution in [0, 0.1) is 5.92 Å². The number of amides is 1. The molecule has 2 heterocycles. The van der Waals surface area contributed by atoms with Gasteiger partial charge in [0.25, 0.3) is 5.91 Å². The van der Waals surface area contributed by atoms with Crippen LogP contribution in [0.15, 0.2) is 41.0 Å². The van der Waals surface area contributed by atoms with Crippen LogP contribution in [-0.2, 0) is 15.6 Å². The second kappa shape index (κ2) is 7.80. The number of anilines is 1. The summed E-state index contributed by atoms with van der Waals surface area (Å²) in [4.78, 5) is 21.3. The van der Waals surface area contributed by atoms with E-state index in [9.17, 15) is 9.00 Å². The van der Waals surface area contributed by atoms with Crippen molar-refractivity contribution >= 4 is 38.7 Å². The van der Waals surface area contributed by atoms with Gasteiger partial charge >= 0.3 is 0 Å². The maximum Gasteiger partial charge on any atom is 0.257 e. The van der Waals surface area contributed by atoms with E-state index in [1.54, 1.807) is 18.5 Å². The van der Waals surface area contributed by atoms with Gasteiger partial charge in [-0.3, -0.25) is 14.3 Å². The molecule has 0 radical (unpaired) electrons. The van der Waals surface area contributed by atoms with Crippen molar-refractivity contribution in [3.8, 4) is 0 Å². The Morgan fingerprint density at radius 1 is 1.19 bits per heavy atom. The Morgan fingerprint density at radius 3 is 2.62 bits per heavy atom. The Labute approximate surface area is 159 Å². The van der Waals surface area contributed by atoms with E-state index in [4.69, 9.17) is 0 Å². The lowest BCUT2D eigenvalue weighted by Crippen LogP contribution is -2.15. The average molecular weight is 388 g/mol. The summed E-state index contributed by atoms with van der Waals surface area (Å²) in [7, 11) is -1.03. The molecule has 2 saturated carbocycles. The molecule has 7 heteroatoms. The highest BCUT2D eigenvalue weighted by molar-refractivity contribution is 7.85. The summed E-state index contributed by atoms with van der Waals surface area (Å²) in [5.74, 6) is 0.261. The number of nitrogens with one attached hydrogen (secondary N) is 1. The predicted molar refractivity (Wildman–Crippen MR) is 104 cm³/mol. The van der Waals surface area contributed by atoms with Crippen molar-refractivity contribution in [1.82, 2.24) is 9.97 Å². The highest BCUT2D eigenvalue weighted by Crippen LogP contribution is 2.31. The van der Waals surface area contributed by atoms with E-state index >= 15 is 0 Å². The molecule has 2 aromatic heterocycles. The number of hydrogen-bond acceptors (Lipinski definition) is 5. The van der Waals surface area contributed by atoms with Crippen molar-refractivity contribution < 1.29 is 9.00 Å². The molecule has 2 aliphatic rings. The number of thiazole rings is 1. The lowest BCUT2D eigenvalue weighted by atomic mass is 9.99. The molecule has 0 aromatic carbocycles. The van der Waals surface area contributed by atoms with Crippen LogP contribution >= 0.6 is 11.3 Å². The summed E-state index contributed by atoms with van der Waals surface area (Å²) >= 11 is 1.40. The third-order valence-corrected chi connectivity index (χ3v) is 7.20. The quantitative estimate of drug-likeness (QED) is 0.760. The zero-order chi connectivity index (χ0) is 17.9. The summed E-state index contributed by atoms with van der Waals surface area (Å²) in [5, 5.41) is 6.16. The first-order chi connectivity index (χ1) is 12.7. The maximum absolute atomic E-state index is 12.8. The molecule has 0 aliphatic heterocycles. The van der Waals surface area contributed by atoms with Gasteiger partial charge in [-0.15, -0.1) is 11.3 Å². The smallest absolute Gasteiger partial charge is 0.257 e. The van der Waals surface area contributed by atoms with E-state index in [1.807, 2.05) is 11.4 Å². The molecule has 1 N–H and O–H groups in total. The average Bonchev–Trinajstić information content (AvgIpc) is 3.14. The number of pyridine rings is 1. The number of aromatic nitrogens is 2. The molecule has 2 fully saturated rings. The fourth-order valence-corrected chi connectivity index (χ4v) is 5.01. The Kier molecular flexibility index (Phi) is 5.26. The van der Waals surface area contributed by atoms with Crippen LogP contribution < -0.4 is 5.32 Å². The number of rotatable bonds is 6. The molecule has 1 amide bonds. The first-order valence-corrected chi connectivity index (χ1v) is 11.1. The van der Waals surface area contributed by atoms with Gasteiger partial charge in [-0.2, -0.15) is 0 Å². The largest absolute Gasteiger partial charge is 0.298 e. The molecule has 2 aliphatic carbocycles. The Balaban J connectivity index is 1.59. The van der Waals surface area contributed by atoms with E-state index in [0.717, 1.165) is 31.2 Å². The van der Waals surface area contributed by atoms with E-state index in [0.29, 0.717) is 21.6 Å². The fourth-order valence-electron chi connectivity index (χ4n) is 3.22. The molecule has 1 atom stereocenters. The first kappa shape index (κ1) is 17.5. The lowest BCUT2D eigenvalue weighted by molar-refractivity contribution is -0.111. The number of hydrogen-bond donors (Lipinski definition) is 1. The molecular formula is C19H21N3O2S2. The van der Waals surface area contributed by atoms with Crippen molar-refractivity contribution in [3.63, 3.8) is 0 Å². The standard InChI is InChI=1S/C19H21N3O2S2/c23-18(22-19-20-9-10-25-19)16(11-13-3-1-2-4-13)14-5-8-17(21-12-14)26(24)15-6-7-15/h5,8-13,15H,1-4,6-7H2,(H,20,22,23)/b16-11+. The van der Waals surface area contributed by atoms with E-state index in [2.05, 4.69) is 21.4 Å². The summed E-state index contributed by atoms with van der Waals surface area (Å²) in [6, 6.07) is 3.66. The minimum Gasteiger partial charge on any atom is -0.298 e. The second-order valence-electron chi connectivity index (χ2n) is 6.80. The minimum absolute atomic E-state index is 0.162. The van der Waals surface area contributed by atoms with Crippen LogP contribution in [0.1, 0.15) is 44.1 Å². The molecule has 2 aromatic rings. The van der Waals surface area contributed by atoms with Crippen molar-refractivity contribution in [2.75, 3.05) is 5.32 Å². The summed E-state index contributed by atoms with van der Waals surface area (Å²) < 4.78 is 12.3. The highest BCUT2D eigenvalue weighted by Gasteiger charge is 2.30. The van der Waals surface area contributed by atoms with Crippen LogP contribution in [0.5, 0.6) is 0 Å². The van der Waals surface area contributed by atoms with Crippen LogP contribution in [0.4, 0.5) is 5.13 Å². The van der Waals surface area contributed by atoms with Crippen molar-refractivity contribution in [2.24, 2.45) is 5.92 Å². The summed E-state index contributed by atoms with van der Waals surface area (Å²) in [5.41, 5.74) is 1.39. The van der Waals surface area contributed by atoms with Crippen LogP contribution in [-0.4, -0.2) is 25.3 Å². The molecule has 5 nitrogen and oxygen atoms in total. The van der Waals surface area contributed by atoms with Crippen LogP contribution in [0.3, 0.4) is 0 Å². The topological polar surface area (TPSA) is 72.0 Å². The van der Waals surface area contributed by atoms with Crippen LogP contribution in [0.2, 0.25) is 0 Å². The molecular weight excluding hydrogens is 366 g/mol. The molecule has 26 heavy (non-hydrogen) atoms. The van der Waals surface area contributed by atoms with Gasteiger partial charge in [0.2, 0.25) is 0 Å². The third kappa shape index (κ3) is 4.10. The number of allylic oxidation sites excluding steroid dienone is 1. The Hall–Kier alpha value is -1.86. The lowest BCUT2D eigenvalue weighted by Gasteiger charge is -2.11. The Bertz CT molecular complexity index is 821. The molecule has 0 bridgehead atoms. The van der Waals surface area contributed by atoms with Gasteiger partial charge in [-0.1, -0.05) is 18.9 Å². The summed E-state index contributed by atoms with van der Waals surface area (Å²) in [6.45, 7) is 0. The normalized spacial score (nSPS) is 19.5. The SMILES string of the molecule is O=C(Nc1nccs1)/C(=C/C1CCCC1)c1ccc(S(=O)C2CC2)nc1. The van der Waals surface area contributed by atoms with E-state index < -0.39 is 10.8 Å². The van der Waals surface area contributed by atoms with Gasteiger partial charge in [0.1, 0.15) is 5.03 Å². The van der Waals surface area contributed by atoms with Gasteiger partial charge in [0, 0.05) is 34.2 Å². The monoisotopic (exact) mass is 387 g/mol. The number of nitrogens with zero attached hydrogens (tertiary/aromatic N) is 2. The van der Waals surface area contributed by atoms with Crippen molar-refractivity contribution in [1.29, 1.82) is 0 Å². The summed E-state index contributed by atoms with van der Waals surface area (Å²) in [6.07, 6.45) is 12.1. The highest BCUT2D eigenvalue weighted by atomic mass is 32.2. The molecule has 4 rings (SSSR count). The van der Waals surface area contributed by atoms with E-state index in [1.165, 1.54) is 24.2 Å². The zero-order valence-electron chi connectivity index (χ0n) is 14.4. The number of carbonyl (C=O) groups excluding carboxylic acids is 1. The van der Waals surface area contributed by atoms with Crippen LogP contribution in [0.25, 0.3) is 5.57 Å². The molecule has 1 unspecified atom stereocenters. The van der Waals surface area contributed by atoms with Gasteiger partial charge in [-0.25, -0.2) is 9.97 Å². The van der Waals surface area contributed by atoms with E-state index in [-0.39, 0.29) is 11.2 Å². The number of carbonyl (C=O) groups is 1. The molecule has 0 saturated heterocycles. The molecule has 0 spiro atoms. The second-order valence-corrected chi connectivity index (χ2v) is 9.37.